The highest BCUT2D eigenvalue weighted by Gasteiger charge is 2.24. The maximum atomic E-state index is 6.08. The normalized spacial score (nSPS) is 12.8. The van der Waals surface area contributed by atoms with Crippen molar-refractivity contribution in [2.24, 2.45) is 5.41 Å². The highest BCUT2D eigenvalue weighted by molar-refractivity contribution is 6.31. The molecule has 1 N–H and O–H groups in total. The van der Waals surface area contributed by atoms with Gasteiger partial charge >= 0.3 is 0 Å². The molecule has 0 atom stereocenters. The monoisotopic (exact) mass is 254 g/mol. The van der Waals surface area contributed by atoms with Gasteiger partial charge in [0.15, 0.2) is 0 Å². The van der Waals surface area contributed by atoms with Gasteiger partial charge in [0.2, 0.25) is 0 Å². The van der Waals surface area contributed by atoms with Crippen molar-refractivity contribution in [2.45, 2.75) is 53.1 Å². The Morgan fingerprint density at radius 2 is 1.88 bits per heavy atom. The third-order valence-corrected chi connectivity index (χ3v) is 2.93. The number of hydrogen-bond acceptors (Lipinski definition) is 2. The second kappa shape index (κ2) is 5.36. The summed E-state index contributed by atoms with van der Waals surface area (Å²) >= 11 is 6.08. The zero-order valence-electron chi connectivity index (χ0n) is 11.5. The second-order valence-electron chi connectivity index (χ2n) is 6.44. The lowest BCUT2D eigenvalue weighted by molar-refractivity contribution is 0.241. The van der Waals surface area contributed by atoms with E-state index < -0.39 is 0 Å². The highest BCUT2D eigenvalue weighted by Crippen LogP contribution is 2.27. The summed E-state index contributed by atoms with van der Waals surface area (Å²) in [5, 5.41) is 4.29. The van der Waals surface area contributed by atoms with Crippen LogP contribution in [0.1, 0.15) is 46.6 Å². The molecule has 0 bridgehead atoms. The van der Waals surface area contributed by atoms with Crippen LogP contribution in [-0.2, 0) is 6.54 Å². The summed E-state index contributed by atoms with van der Waals surface area (Å²) < 4.78 is 0. The van der Waals surface area contributed by atoms with Crippen LogP contribution in [0.25, 0.3) is 0 Å². The molecule has 0 unspecified atom stereocenters. The molecule has 3 heteroatoms. The van der Waals surface area contributed by atoms with E-state index in [1.807, 2.05) is 6.07 Å². The molecule has 1 aromatic heterocycles. The Labute approximate surface area is 110 Å². The van der Waals surface area contributed by atoms with Gasteiger partial charge in [0, 0.05) is 24.5 Å². The van der Waals surface area contributed by atoms with E-state index in [1.54, 1.807) is 12.4 Å². The molecule has 0 amide bonds. The number of rotatable bonds is 4. The van der Waals surface area contributed by atoms with Crippen LogP contribution in [0.3, 0.4) is 0 Å². The molecule has 1 heterocycles. The highest BCUT2D eigenvalue weighted by atomic mass is 35.5. The average Bonchev–Trinajstić information content (AvgIpc) is 2.13. The lowest BCUT2D eigenvalue weighted by Gasteiger charge is -2.33. The maximum absolute atomic E-state index is 6.08. The summed E-state index contributed by atoms with van der Waals surface area (Å²) in [6.07, 6.45) is 4.58. The lowest BCUT2D eigenvalue weighted by atomic mass is 9.82. The van der Waals surface area contributed by atoms with Crippen LogP contribution >= 0.6 is 11.6 Å². The quantitative estimate of drug-likeness (QED) is 0.877. The van der Waals surface area contributed by atoms with Gasteiger partial charge in [0.1, 0.15) is 0 Å². The van der Waals surface area contributed by atoms with Gasteiger partial charge in [0.05, 0.1) is 5.02 Å². The molecule has 0 fully saturated rings. The zero-order valence-corrected chi connectivity index (χ0v) is 12.2. The van der Waals surface area contributed by atoms with Crippen LogP contribution in [0.15, 0.2) is 18.5 Å². The molecule has 0 spiro atoms. The Kier molecular flexibility index (Phi) is 4.56. The van der Waals surface area contributed by atoms with Crippen molar-refractivity contribution in [3.05, 3.63) is 29.0 Å². The number of aromatic nitrogens is 1. The molecule has 2 nitrogen and oxygen atoms in total. The fraction of sp³-hybridized carbons (Fsp3) is 0.643. The van der Waals surface area contributed by atoms with E-state index in [2.05, 4.69) is 44.9 Å². The van der Waals surface area contributed by atoms with Crippen LogP contribution in [0, 0.1) is 5.41 Å². The number of pyridine rings is 1. The van der Waals surface area contributed by atoms with Crippen molar-refractivity contribution in [3.8, 4) is 0 Å². The first-order valence-electron chi connectivity index (χ1n) is 6.03. The first kappa shape index (κ1) is 14.5. The van der Waals surface area contributed by atoms with Gasteiger partial charge in [-0.25, -0.2) is 0 Å². The van der Waals surface area contributed by atoms with Crippen LogP contribution in [0.2, 0.25) is 5.02 Å². The molecule has 0 saturated heterocycles. The minimum absolute atomic E-state index is 0.102. The Hall–Kier alpha value is -0.600. The second-order valence-corrected chi connectivity index (χ2v) is 6.85. The maximum Gasteiger partial charge on any atom is 0.0634 e. The summed E-state index contributed by atoms with van der Waals surface area (Å²) in [7, 11) is 0. The number of hydrogen-bond donors (Lipinski definition) is 1. The number of nitrogens with zero attached hydrogens (tertiary/aromatic N) is 1. The van der Waals surface area contributed by atoms with E-state index in [0.29, 0.717) is 5.41 Å². The van der Waals surface area contributed by atoms with Crippen LogP contribution < -0.4 is 5.32 Å². The van der Waals surface area contributed by atoms with Gasteiger partial charge in [-0.05, 0) is 37.3 Å². The van der Waals surface area contributed by atoms with E-state index in [1.165, 1.54) is 0 Å². The molecular formula is C14H23ClN2. The van der Waals surface area contributed by atoms with E-state index in [9.17, 15) is 0 Å². The smallest absolute Gasteiger partial charge is 0.0634 e. The first-order chi connectivity index (χ1) is 7.70. The average molecular weight is 255 g/mol. The van der Waals surface area contributed by atoms with Crippen molar-refractivity contribution in [2.75, 3.05) is 0 Å². The minimum Gasteiger partial charge on any atom is -0.308 e. The molecule has 0 aliphatic rings. The number of halogens is 1. The van der Waals surface area contributed by atoms with Crippen LogP contribution in [0.5, 0.6) is 0 Å². The van der Waals surface area contributed by atoms with E-state index >= 15 is 0 Å². The van der Waals surface area contributed by atoms with Crippen LogP contribution in [0.4, 0.5) is 0 Å². The van der Waals surface area contributed by atoms with Crippen LogP contribution in [-0.4, -0.2) is 10.5 Å². The van der Waals surface area contributed by atoms with Gasteiger partial charge in [-0.1, -0.05) is 32.4 Å². The van der Waals surface area contributed by atoms with Crippen molar-refractivity contribution in [1.82, 2.24) is 10.3 Å². The molecule has 0 aromatic carbocycles. The SMILES string of the molecule is CC(C)(C)CC(C)(C)NCc1ccncc1Cl. The topological polar surface area (TPSA) is 24.9 Å². The van der Waals surface area contributed by atoms with Crippen molar-refractivity contribution >= 4 is 11.6 Å². The molecular weight excluding hydrogens is 232 g/mol. The molecule has 17 heavy (non-hydrogen) atoms. The molecule has 0 saturated carbocycles. The van der Waals surface area contributed by atoms with Gasteiger partial charge in [0.25, 0.3) is 0 Å². The first-order valence-corrected chi connectivity index (χ1v) is 6.41. The van der Waals surface area contributed by atoms with Crippen molar-refractivity contribution in [1.29, 1.82) is 0 Å². The molecule has 96 valence electrons. The van der Waals surface area contributed by atoms with E-state index in [0.717, 1.165) is 23.6 Å². The van der Waals surface area contributed by atoms with Crippen molar-refractivity contribution < 1.29 is 0 Å². The predicted octanol–water partition coefficient (Wildman–Crippen LogP) is 4.04. The minimum atomic E-state index is 0.102. The van der Waals surface area contributed by atoms with E-state index in [4.69, 9.17) is 11.6 Å². The molecule has 1 rings (SSSR count). The Balaban J connectivity index is 2.59. The molecule has 1 aromatic rings. The molecule has 0 aliphatic heterocycles. The molecule has 0 radical (unpaired) electrons. The van der Waals surface area contributed by atoms with Gasteiger partial charge in [-0.15, -0.1) is 0 Å². The third-order valence-electron chi connectivity index (χ3n) is 2.59. The largest absolute Gasteiger partial charge is 0.308 e. The summed E-state index contributed by atoms with van der Waals surface area (Å²) in [4.78, 5) is 3.99. The lowest BCUT2D eigenvalue weighted by Crippen LogP contribution is -2.41. The Morgan fingerprint density at radius 3 is 2.41 bits per heavy atom. The van der Waals surface area contributed by atoms with Crippen molar-refractivity contribution in [3.63, 3.8) is 0 Å². The van der Waals surface area contributed by atoms with Gasteiger partial charge in [-0.3, -0.25) is 4.98 Å². The Morgan fingerprint density at radius 1 is 1.24 bits per heavy atom. The third kappa shape index (κ3) is 5.51. The zero-order chi connectivity index (χ0) is 13.1. The summed E-state index contributed by atoms with van der Waals surface area (Å²) in [5.41, 5.74) is 1.52. The summed E-state index contributed by atoms with van der Waals surface area (Å²) in [5.74, 6) is 0. The number of nitrogens with one attached hydrogen (secondary N) is 1. The standard InChI is InChI=1S/C14H23ClN2/c1-13(2,3)10-14(4,5)17-8-11-6-7-16-9-12(11)15/h6-7,9,17H,8,10H2,1-5H3. The van der Waals surface area contributed by atoms with Gasteiger partial charge in [-0.2, -0.15) is 0 Å². The fourth-order valence-electron chi connectivity index (χ4n) is 2.27. The summed E-state index contributed by atoms with van der Waals surface area (Å²) in [6.45, 7) is 12.0. The van der Waals surface area contributed by atoms with E-state index in [-0.39, 0.29) is 5.54 Å². The fourth-order valence-corrected chi connectivity index (χ4v) is 2.46. The Bertz CT molecular complexity index is 367. The summed E-state index contributed by atoms with van der Waals surface area (Å²) in [6, 6.07) is 1.96. The predicted molar refractivity (Wildman–Crippen MR) is 74.2 cm³/mol. The molecule has 0 aliphatic carbocycles. The van der Waals surface area contributed by atoms with Gasteiger partial charge < -0.3 is 5.32 Å².